The monoisotopic (exact) mass is 196 g/mol. The molecule has 0 aliphatic carbocycles. The Balaban J connectivity index is 3.18. The highest BCUT2D eigenvalue weighted by Gasteiger charge is 2.00. The molecule has 0 aliphatic heterocycles. The van der Waals surface area contributed by atoms with Crippen LogP contribution in [-0.4, -0.2) is 0 Å². The second kappa shape index (κ2) is 4.61. The normalized spacial score (nSPS) is 8.13. The molecular weight excluding hydrogens is 191 g/mol. The number of nitriles is 2. The summed E-state index contributed by atoms with van der Waals surface area (Å²) >= 11 is 0. The zero-order valence-corrected chi connectivity index (χ0v) is 7.66. The Morgan fingerprint density at radius 2 is 2.00 bits per heavy atom. The lowest BCUT2D eigenvalue weighted by molar-refractivity contribution is 0.624. The van der Waals surface area contributed by atoms with E-state index in [0.29, 0.717) is 5.56 Å². The molecule has 0 heterocycles. The number of hydrogen-bond acceptors (Lipinski definition) is 2. The van der Waals surface area contributed by atoms with Crippen LogP contribution < -0.4 is 0 Å². The molecular formula is C12H5FN2. The molecule has 3 heteroatoms. The fourth-order valence-electron chi connectivity index (χ4n) is 0.994. The molecule has 2 nitrogen and oxygen atoms in total. The number of rotatable bonds is 1. The molecule has 0 fully saturated rings. The van der Waals surface area contributed by atoms with Crippen molar-refractivity contribution < 1.29 is 4.39 Å². The highest BCUT2D eigenvalue weighted by molar-refractivity contribution is 5.62. The molecule has 0 spiro atoms. The average molecular weight is 196 g/mol. The number of terminal acetylenes is 1. The van der Waals surface area contributed by atoms with Crippen molar-refractivity contribution >= 4 is 6.08 Å². The van der Waals surface area contributed by atoms with E-state index in [0.717, 1.165) is 0 Å². The topological polar surface area (TPSA) is 47.6 Å². The Hall–Kier alpha value is -2.57. The Morgan fingerprint density at radius 3 is 2.47 bits per heavy atom. The first-order valence-electron chi connectivity index (χ1n) is 3.99. The van der Waals surface area contributed by atoms with Crippen molar-refractivity contribution in [1.29, 1.82) is 10.5 Å². The molecule has 0 saturated carbocycles. The summed E-state index contributed by atoms with van der Waals surface area (Å²) in [6.07, 6.45) is 6.34. The van der Waals surface area contributed by atoms with Crippen molar-refractivity contribution in [2.24, 2.45) is 0 Å². The van der Waals surface area contributed by atoms with Crippen LogP contribution in [0.5, 0.6) is 0 Å². The molecule has 1 aromatic rings. The lowest BCUT2D eigenvalue weighted by Crippen LogP contribution is -1.85. The summed E-state index contributed by atoms with van der Waals surface area (Å²) in [5, 5.41) is 17.0. The van der Waals surface area contributed by atoms with Crippen LogP contribution in [0.1, 0.15) is 11.1 Å². The van der Waals surface area contributed by atoms with E-state index >= 15 is 0 Å². The standard InChI is InChI=1S/C12H5FN2/c1-2-11-4-3-9(6-12(11)13)5-10(7-14)8-15/h1,3-6H. The first-order valence-corrected chi connectivity index (χ1v) is 3.99. The van der Waals surface area contributed by atoms with Gasteiger partial charge in [0.25, 0.3) is 0 Å². The van der Waals surface area contributed by atoms with Gasteiger partial charge in [-0.25, -0.2) is 4.39 Å². The molecule has 0 aromatic heterocycles. The minimum atomic E-state index is -0.540. The van der Waals surface area contributed by atoms with Crippen molar-refractivity contribution in [3.63, 3.8) is 0 Å². The summed E-state index contributed by atoms with van der Waals surface area (Å²) < 4.78 is 13.2. The molecule has 0 unspecified atom stereocenters. The van der Waals surface area contributed by atoms with E-state index in [9.17, 15) is 4.39 Å². The average Bonchev–Trinajstić information content (AvgIpc) is 2.26. The van der Waals surface area contributed by atoms with E-state index in [1.54, 1.807) is 18.2 Å². The third kappa shape index (κ3) is 2.44. The predicted octanol–water partition coefficient (Wildman–Crippen LogP) is 2.24. The lowest BCUT2D eigenvalue weighted by atomic mass is 10.1. The Kier molecular flexibility index (Phi) is 3.23. The van der Waals surface area contributed by atoms with E-state index in [-0.39, 0.29) is 11.1 Å². The first-order chi connectivity index (χ1) is 7.21. The van der Waals surface area contributed by atoms with Crippen molar-refractivity contribution in [3.05, 3.63) is 40.7 Å². The van der Waals surface area contributed by atoms with Gasteiger partial charge in [0.2, 0.25) is 0 Å². The summed E-state index contributed by atoms with van der Waals surface area (Å²) in [6, 6.07) is 7.53. The third-order valence-electron chi connectivity index (χ3n) is 1.70. The van der Waals surface area contributed by atoms with Gasteiger partial charge >= 0.3 is 0 Å². The summed E-state index contributed by atoms with van der Waals surface area (Å²) in [6.45, 7) is 0. The van der Waals surface area contributed by atoms with Crippen LogP contribution in [0, 0.1) is 40.8 Å². The van der Waals surface area contributed by atoms with Gasteiger partial charge in [-0.3, -0.25) is 0 Å². The number of benzene rings is 1. The molecule has 0 N–H and O–H groups in total. The lowest BCUT2D eigenvalue weighted by Gasteiger charge is -1.96. The van der Waals surface area contributed by atoms with Gasteiger partial charge in [0.05, 0.1) is 5.56 Å². The van der Waals surface area contributed by atoms with Crippen molar-refractivity contribution in [2.75, 3.05) is 0 Å². The quantitative estimate of drug-likeness (QED) is 0.510. The Bertz CT molecular complexity index is 520. The highest BCUT2D eigenvalue weighted by atomic mass is 19.1. The van der Waals surface area contributed by atoms with Crippen LogP contribution in [0.3, 0.4) is 0 Å². The number of nitrogens with zero attached hydrogens (tertiary/aromatic N) is 2. The maximum Gasteiger partial charge on any atom is 0.139 e. The SMILES string of the molecule is C#Cc1ccc(C=C(C#N)C#N)cc1F. The zero-order valence-electron chi connectivity index (χ0n) is 7.66. The largest absolute Gasteiger partial charge is 0.206 e. The first kappa shape index (κ1) is 10.5. The van der Waals surface area contributed by atoms with Gasteiger partial charge in [0.15, 0.2) is 0 Å². The minimum absolute atomic E-state index is 0.0807. The molecule has 0 saturated heterocycles. The van der Waals surface area contributed by atoms with E-state index < -0.39 is 5.82 Å². The molecule has 0 aliphatic rings. The van der Waals surface area contributed by atoms with E-state index in [1.807, 2.05) is 0 Å². The zero-order chi connectivity index (χ0) is 11.3. The van der Waals surface area contributed by atoms with Gasteiger partial charge < -0.3 is 0 Å². The van der Waals surface area contributed by atoms with Gasteiger partial charge in [-0.2, -0.15) is 10.5 Å². The molecule has 70 valence electrons. The maximum absolute atomic E-state index is 13.2. The molecule has 0 atom stereocenters. The highest BCUT2D eigenvalue weighted by Crippen LogP contribution is 2.12. The maximum atomic E-state index is 13.2. The van der Waals surface area contributed by atoms with Crippen molar-refractivity contribution in [2.45, 2.75) is 0 Å². The number of allylic oxidation sites excluding steroid dienone is 1. The van der Waals surface area contributed by atoms with Gasteiger partial charge in [0, 0.05) is 0 Å². The van der Waals surface area contributed by atoms with Crippen LogP contribution >= 0.6 is 0 Å². The Morgan fingerprint density at radius 1 is 1.33 bits per heavy atom. The van der Waals surface area contributed by atoms with Gasteiger partial charge in [-0.1, -0.05) is 12.0 Å². The van der Waals surface area contributed by atoms with E-state index in [1.165, 1.54) is 18.2 Å². The van der Waals surface area contributed by atoms with E-state index in [2.05, 4.69) is 5.92 Å². The molecule has 0 radical (unpaired) electrons. The minimum Gasteiger partial charge on any atom is -0.206 e. The van der Waals surface area contributed by atoms with Gasteiger partial charge in [0.1, 0.15) is 23.5 Å². The van der Waals surface area contributed by atoms with Gasteiger partial charge in [-0.15, -0.1) is 6.42 Å². The summed E-state index contributed by atoms with van der Waals surface area (Å²) in [7, 11) is 0. The second-order valence-electron chi connectivity index (χ2n) is 2.67. The Labute approximate surface area is 86.9 Å². The van der Waals surface area contributed by atoms with Crippen LogP contribution in [0.2, 0.25) is 0 Å². The third-order valence-corrected chi connectivity index (χ3v) is 1.70. The van der Waals surface area contributed by atoms with Gasteiger partial charge in [-0.05, 0) is 23.8 Å². The predicted molar refractivity (Wildman–Crippen MR) is 53.5 cm³/mol. The molecule has 0 bridgehead atoms. The molecule has 1 rings (SSSR count). The fraction of sp³-hybridized carbons (Fsp3) is 0. The van der Waals surface area contributed by atoms with Crippen LogP contribution in [-0.2, 0) is 0 Å². The molecule has 0 amide bonds. The summed E-state index contributed by atoms with van der Waals surface area (Å²) in [5.41, 5.74) is 0.509. The van der Waals surface area contributed by atoms with Crippen LogP contribution in [0.25, 0.3) is 6.08 Å². The number of hydrogen-bond donors (Lipinski definition) is 0. The van der Waals surface area contributed by atoms with Crippen molar-refractivity contribution in [3.8, 4) is 24.5 Å². The van der Waals surface area contributed by atoms with Crippen LogP contribution in [0.15, 0.2) is 23.8 Å². The molecule has 15 heavy (non-hydrogen) atoms. The second-order valence-corrected chi connectivity index (χ2v) is 2.67. The van der Waals surface area contributed by atoms with Crippen molar-refractivity contribution in [1.82, 2.24) is 0 Å². The number of halogens is 1. The summed E-state index contributed by atoms with van der Waals surface area (Å²) in [4.78, 5) is 0. The molecule has 1 aromatic carbocycles. The fourth-order valence-corrected chi connectivity index (χ4v) is 0.994. The smallest absolute Gasteiger partial charge is 0.139 e. The summed E-state index contributed by atoms with van der Waals surface area (Å²) in [5.74, 6) is 1.64. The van der Waals surface area contributed by atoms with Crippen LogP contribution in [0.4, 0.5) is 4.39 Å². The van der Waals surface area contributed by atoms with E-state index in [4.69, 9.17) is 16.9 Å².